The number of hydrogen-bond acceptors (Lipinski definition) is 2. The second-order valence-corrected chi connectivity index (χ2v) is 3.36. The average molecular weight is 146 g/mol. The monoisotopic (exact) mass is 146 g/mol. The molecule has 10 heavy (non-hydrogen) atoms. The highest BCUT2D eigenvalue weighted by Gasteiger charge is 2.10. The van der Waals surface area contributed by atoms with Gasteiger partial charge in [-0.05, 0) is 12.3 Å². The Balaban J connectivity index is 3.30. The summed E-state index contributed by atoms with van der Waals surface area (Å²) in [6.07, 6.45) is 0.826. The van der Waals surface area contributed by atoms with Crippen molar-refractivity contribution in [2.45, 2.75) is 39.9 Å². The molecule has 0 aliphatic rings. The molecule has 2 heteroatoms. The minimum Gasteiger partial charge on any atom is -0.368 e. The van der Waals surface area contributed by atoms with Crippen LogP contribution in [-0.2, 0) is 0 Å². The van der Waals surface area contributed by atoms with Crippen molar-refractivity contribution < 1.29 is 10.2 Å². The minimum atomic E-state index is -1.14. The molecule has 0 saturated carbocycles. The molecule has 0 aliphatic carbocycles. The third-order valence-corrected chi connectivity index (χ3v) is 1.71. The molecule has 2 N–H and O–H groups in total. The molecular weight excluding hydrogens is 128 g/mol. The van der Waals surface area contributed by atoms with Crippen LogP contribution in [0.1, 0.15) is 33.6 Å². The van der Waals surface area contributed by atoms with E-state index in [0.29, 0.717) is 5.92 Å². The molecule has 0 radical (unpaired) electrons. The smallest absolute Gasteiger partial charge is 0.154 e. The minimum absolute atomic E-state index is 0.0161. The number of hydrogen-bond donors (Lipinski definition) is 2. The van der Waals surface area contributed by atoms with Crippen molar-refractivity contribution in [3.8, 4) is 0 Å². The van der Waals surface area contributed by atoms with Gasteiger partial charge in [0.1, 0.15) is 0 Å². The van der Waals surface area contributed by atoms with Crippen LogP contribution in [0, 0.1) is 11.8 Å². The van der Waals surface area contributed by atoms with Gasteiger partial charge in [0.15, 0.2) is 6.29 Å². The van der Waals surface area contributed by atoms with Crippen LogP contribution in [0.3, 0.4) is 0 Å². The maximum atomic E-state index is 8.69. The second-order valence-electron chi connectivity index (χ2n) is 3.36. The first-order valence-corrected chi connectivity index (χ1v) is 3.90. The Kier molecular flexibility index (Phi) is 4.65. The lowest BCUT2D eigenvalue weighted by Crippen LogP contribution is -2.16. The molecule has 1 unspecified atom stereocenters. The molecule has 0 amide bonds. The third kappa shape index (κ3) is 4.77. The molecule has 0 aliphatic heterocycles. The first kappa shape index (κ1) is 9.92. The van der Waals surface area contributed by atoms with Gasteiger partial charge in [0.25, 0.3) is 0 Å². The Morgan fingerprint density at radius 3 is 1.80 bits per heavy atom. The maximum Gasteiger partial charge on any atom is 0.154 e. The summed E-state index contributed by atoms with van der Waals surface area (Å²) in [7, 11) is 0. The predicted molar refractivity (Wildman–Crippen MR) is 41.5 cm³/mol. The van der Waals surface area contributed by atoms with E-state index < -0.39 is 6.29 Å². The van der Waals surface area contributed by atoms with Crippen LogP contribution in [0.5, 0.6) is 0 Å². The normalized spacial score (nSPS) is 14.7. The van der Waals surface area contributed by atoms with E-state index >= 15 is 0 Å². The van der Waals surface area contributed by atoms with Gasteiger partial charge in [-0.3, -0.25) is 0 Å². The molecule has 2 nitrogen and oxygen atoms in total. The summed E-state index contributed by atoms with van der Waals surface area (Å²) >= 11 is 0. The number of aliphatic hydroxyl groups excluding tert-OH is 1. The lowest BCUT2D eigenvalue weighted by atomic mass is 9.99. The van der Waals surface area contributed by atoms with E-state index in [0.717, 1.165) is 12.8 Å². The van der Waals surface area contributed by atoms with Crippen molar-refractivity contribution in [2.24, 2.45) is 11.8 Å². The number of rotatable bonds is 4. The van der Waals surface area contributed by atoms with Crippen molar-refractivity contribution in [3.05, 3.63) is 0 Å². The van der Waals surface area contributed by atoms with Gasteiger partial charge >= 0.3 is 0 Å². The SMILES string of the molecule is CC(C)CCC(C)C(O)O. The van der Waals surface area contributed by atoms with Crippen molar-refractivity contribution in [2.75, 3.05) is 0 Å². The third-order valence-electron chi connectivity index (χ3n) is 1.71. The topological polar surface area (TPSA) is 40.5 Å². The van der Waals surface area contributed by atoms with E-state index in [1.54, 1.807) is 0 Å². The van der Waals surface area contributed by atoms with E-state index in [-0.39, 0.29) is 5.92 Å². The van der Waals surface area contributed by atoms with Gasteiger partial charge < -0.3 is 10.2 Å². The largest absolute Gasteiger partial charge is 0.368 e. The molecule has 0 bridgehead atoms. The second kappa shape index (κ2) is 4.69. The van der Waals surface area contributed by atoms with Crippen molar-refractivity contribution in [1.82, 2.24) is 0 Å². The predicted octanol–water partition coefficient (Wildman–Crippen LogP) is 1.37. The van der Waals surface area contributed by atoms with Crippen molar-refractivity contribution >= 4 is 0 Å². The molecule has 0 saturated heterocycles. The quantitative estimate of drug-likeness (QED) is 0.588. The molecule has 0 rings (SSSR count). The summed E-state index contributed by atoms with van der Waals surface area (Å²) in [5.41, 5.74) is 0. The lowest BCUT2D eigenvalue weighted by molar-refractivity contribution is -0.0812. The molecule has 62 valence electrons. The van der Waals surface area contributed by atoms with Gasteiger partial charge in [0, 0.05) is 5.92 Å². The van der Waals surface area contributed by atoms with Crippen molar-refractivity contribution in [3.63, 3.8) is 0 Å². The summed E-state index contributed by atoms with van der Waals surface area (Å²) in [6, 6.07) is 0. The van der Waals surface area contributed by atoms with Crippen LogP contribution in [0.2, 0.25) is 0 Å². The average Bonchev–Trinajstić information content (AvgIpc) is 1.82. The molecule has 0 aromatic heterocycles. The van der Waals surface area contributed by atoms with Gasteiger partial charge in [-0.1, -0.05) is 27.2 Å². The fourth-order valence-electron chi connectivity index (χ4n) is 0.745. The van der Waals surface area contributed by atoms with Crippen LogP contribution in [-0.4, -0.2) is 16.5 Å². The van der Waals surface area contributed by atoms with E-state index in [1.165, 1.54) is 0 Å². The van der Waals surface area contributed by atoms with E-state index in [9.17, 15) is 0 Å². The molecule has 0 heterocycles. The maximum absolute atomic E-state index is 8.69. The standard InChI is InChI=1S/C8H18O2/c1-6(2)4-5-7(3)8(9)10/h6-10H,4-5H2,1-3H3. The van der Waals surface area contributed by atoms with E-state index in [4.69, 9.17) is 10.2 Å². The van der Waals surface area contributed by atoms with Gasteiger partial charge in [0.05, 0.1) is 0 Å². The van der Waals surface area contributed by atoms with Crippen molar-refractivity contribution in [1.29, 1.82) is 0 Å². The Hall–Kier alpha value is -0.0800. The van der Waals surface area contributed by atoms with Crippen LogP contribution >= 0.6 is 0 Å². The highest BCUT2D eigenvalue weighted by Crippen LogP contribution is 2.13. The molecule has 0 spiro atoms. The van der Waals surface area contributed by atoms with E-state index in [2.05, 4.69) is 13.8 Å². The first-order chi connectivity index (χ1) is 4.54. The summed E-state index contributed by atoms with van der Waals surface area (Å²) in [6.45, 7) is 6.12. The summed E-state index contributed by atoms with van der Waals surface area (Å²) in [5.74, 6) is 0.670. The first-order valence-electron chi connectivity index (χ1n) is 3.90. The summed E-state index contributed by atoms with van der Waals surface area (Å²) < 4.78 is 0. The molecule has 1 atom stereocenters. The zero-order valence-corrected chi connectivity index (χ0v) is 7.04. The van der Waals surface area contributed by atoms with Crippen LogP contribution in [0.25, 0.3) is 0 Å². The zero-order chi connectivity index (χ0) is 8.15. The number of aliphatic hydroxyl groups is 2. The molecular formula is C8H18O2. The summed E-state index contributed by atoms with van der Waals surface area (Å²) in [4.78, 5) is 0. The Morgan fingerprint density at radius 1 is 1.00 bits per heavy atom. The molecule has 0 aromatic rings. The fourth-order valence-corrected chi connectivity index (χ4v) is 0.745. The fraction of sp³-hybridized carbons (Fsp3) is 1.00. The van der Waals surface area contributed by atoms with Crippen LogP contribution < -0.4 is 0 Å². The molecule has 0 fully saturated rings. The highest BCUT2D eigenvalue weighted by molar-refractivity contribution is 4.55. The Bertz CT molecular complexity index is 79.3. The lowest BCUT2D eigenvalue weighted by Gasteiger charge is -2.13. The van der Waals surface area contributed by atoms with E-state index in [1.807, 2.05) is 6.92 Å². The van der Waals surface area contributed by atoms with Gasteiger partial charge in [-0.2, -0.15) is 0 Å². The Morgan fingerprint density at radius 2 is 1.50 bits per heavy atom. The van der Waals surface area contributed by atoms with Crippen LogP contribution in [0.4, 0.5) is 0 Å². The highest BCUT2D eigenvalue weighted by atomic mass is 16.5. The Labute approximate surface area is 62.9 Å². The molecule has 0 aromatic carbocycles. The summed E-state index contributed by atoms with van der Waals surface area (Å²) in [5, 5.41) is 17.4. The van der Waals surface area contributed by atoms with Gasteiger partial charge in [-0.25, -0.2) is 0 Å². The zero-order valence-electron chi connectivity index (χ0n) is 7.04. The van der Waals surface area contributed by atoms with Gasteiger partial charge in [0.2, 0.25) is 0 Å². The van der Waals surface area contributed by atoms with Gasteiger partial charge in [-0.15, -0.1) is 0 Å². The van der Waals surface area contributed by atoms with Crippen LogP contribution in [0.15, 0.2) is 0 Å².